The predicted octanol–water partition coefficient (Wildman–Crippen LogP) is 1.72. The normalized spacial score (nSPS) is 17.9. The van der Waals surface area contributed by atoms with E-state index in [1.165, 1.54) is 4.90 Å². The molecule has 1 aromatic carbocycles. The van der Waals surface area contributed by atoms with Gasteiger partial charge in [-0.25, -0.2) is 13.2 Å². The highest BCUT2D eigenvalue weighted by atomic mass is 19.2. The predicted molar refractivity (Wildman–Crippen MR) is 104 cm³/mol. The van der Waals surface area contributed by atoms with Crippen LogP contribution in [0.3, 0.4) is 0 Å². The molecular formula is C21H23F3N4O2. The number of amides is 2. The summed E-state index contributed by atoms with van der Waals surface area (Å²) < 4.78 is 40.4. The van der Waals surface area contributed by atoms with Gasteiger partial charge in [0.05, 0.1) is 0 Å². The highest BCUT2D eigenvalue weighted by Crippen LogP contribution is 2.18. The van der Waals surface area contributed by atoms with Crippen molar-refractivity contribution in [1.29, 1.82) is 0 Å². The van der Waals surface area contributed by atoms with Crippen molar-refractivity contribution in [3.8, 4) is 0 Å². The zero-order chi connectivity index (χ0) is 21.7. The van der Waals surface area contributed by atoms with E-state index in [2.05, 4.69) is 10.3 Å². The minimum atomic E-state index is -1.28. The van der Waals surface area contributed by atoms with E-state index >= 15 is 0 Å². The summed E-state index contributed by atoms with van der Waals surface area (Å²) in [6.07, 6.45) is 2.15. The van der Waals surface area contributed by atoms with Gasteiger partial charge in [-0.1, -0.05) is 6.07 Å². The minimum Gasteiger partial charge on any atom is -0.354 e. The van der Waals surface area contributed by atoms with Crippen LogP contribution in [-0.4, -0.2) is 46.9 Å². The molecule has 2 aromatic rings. The van der Waals surface area contributed by atoms with E-state index in [-0.39, 0.29) is 36.6 Å². The lowest BCUT2D eigenvalue weighted by molar-refractivity contribution is -0.139. The first-order valence-electron chi connectivity index (χ1n) is 9.71. The zero-order valence-electron chi connectivity index (χ0n) is 16.3. The molecule has 2 amide bonds. The Morgan fingerprint density at radius 3 is 2.73 bits per heavy atom. The second kappa shape index (κ2) is 9.71. The number of nitrogens with one attached hydrogen (secondary N) is 1. The molecule has 1 saturated heterocycles. The van der Waals surface area contributed by atoms with Crippen LogP contribution in [0.25, 0.3) is 0 Å². The third-order valence-corrected chi connectivity index (χ3v) is 5.01. The van der Waals surface area contributed by atoms with Crippen LogP contribution in [0, 0.1) is 17.5 Å². The smallest absolute Gasteiger partial charge is 0.243 e. The molecule has 9 heteroatoms. The fourth-order valence-electron chi connectivity index (χ4n) is 3.51. The average molecular weight is 420 g/mol. The lowest BCUT2D eigenvalue weighted by Gasteiger charge is -2.29. The van der Waals surface area contributed by atoms with E-state index in [1.807, 2.05) is 0 Å². The lowest BCUT2D eigenvalue weighted by atomic mass is 10.0. The second-order valence-corrected chi connectivity index (χ2v) is 7.30. The van der Waals surface area contributed by atoms with Crippen molar-refractivity contribution in [1.82, 2.24) is 15.2 Å². The van der Waals surface area contributed by atoms with Gasteiger partial charge >= 0.3 is 0 Å². The van der Waals surface area contributed by atoms with Crippen molar-refractivity contribution in [2.45, 2.75) is 37.8 Å². The van der Waals surface area contributed by atoms with Gasteiger partial charge in [0, 0.05) is 49.9 Å². The van der Waals surface area contributed by atoms with Crippen molar-refractivity contribution >= 4 is 11.8 Å². The maximum absolute atomic E-state index is 13.9. The summed E-state index contributed by atoms with van der Waals surface area (Å²) in [5, 5.41) is 2.79. The van der Waals surface area contributed by atoms with Crippen molar-refractivity contribution in [3.63, 3.8) is 0 Å². The van der Waals surface area contributed by atoms with Gasteiger partial charge in [0.15, 0.2) is 11.6 Å². The number of nitrogens with two attached hydrogens (primary N) is 1. The summed E-state index contributed by atoms with van der Waals surface area (Å²) in [6, 6.07) is 4.99. The first-order chi connectivity index (χ1) is 14.3. The summed E-state index contributed by atoms with van der Waals surface area (Å²) in [5.41, 5.74) is 6.57. The first kappa shape index (κ1) is 21.8. The third kappa shape index (κ3) is 5.35. The van der Waals surface area contributed by atoms with Crippen molar-refractivity contribution in [2.75, 3.05) is 13.1 Å². The van der Waals surface area contributed by atoms with Gasteiger partial charge in [0.25, 0.3) is 0 Å². The monoisotopic (exact) mass is 420 g/mol. The SMILES string of the molecule is N[C@@H](CC(=O)N1CCCNC(=O)C1Cc1ccccn1)Cc1cc(F)c(F)cc1F. The number of rotatable bonds is 6. The van der Waals surface area contributed by atoms with Crippen LogP contribution in [0.4, 0.5) is 13.2 Å². The molecule has 1 fully saturated rings. The van der Waals surface area contributed by atoms with E-state index in [1.54, 1.807) is 24.4 Å². The summed E-state index contributed by atoms with van der Waals surface area (Å²) >= 11 is 0. The number of carbonyl (C=O) groups is 2. The van der Waals surface area contributed by atoms with E-state index < -0.39 is 29.5 Å². The van der Waals surface area contributed by atoms with Crippen LogP contribution in [0.15, 0.2) is 36.5 Å². The number of carbonyl (C=O) groups excluding carboxylic acids is 2. The van der Waals surface area contributed by atoms with Gasteiger partial charge in [0.1, 0.15) is 11.9 Å². The molecule has 3 rings (SSSR count). The molecule has 0 aliphatic carbocycles. The van der Waals surface area contributed by atoms with Crippen molar-refractivity contribution in [3.05, 3.63) is 65.2 Å². The summed E-state index contributed by atoms with van der Waals surface area (Å²) in [5.74, 6) is -4.01. The number of halogens is 3. The molecule has 2 atom stereocenters. The van der Waals surface area contributed by atoms with E-state index in [0.29, 0.717) is 31.3 Å². The molecule has 1 aromatic heterocycles. The van der Waals surface area contributed by atoms with E-state index in [4.69, 9.17) is 5.73 Å². The van der Waals surface area contributed by atoms with Crippen LogP contribution in [0.2, 0.25) is 0 Å². The number of pyridine rings is 1. The number of hydrogen-bond donors (Lipinski definition) is 2. The van der Waals surface area contributed by atoms with E-state index in [9.17, 15) is 22.8 Å². The van der Waals surface area contributed by atoms with Gasteiger partial charge < -0.3 is 16.0 Å². The second-order valence-electron chi connectivity index (χ2n) is 7.30. The molecule has 2 heterocycles. The number of hydrogen-bond acceptors (Lipinski definition) is 4. The first-order valence-corrected chi connectivity index (χ1v) is 9.71. The fraction of sp³-hybridized carbons (Fsp3) is 0.381. The Hall–Kier alpha value is -2.94. The van der Waals surface area contributed by atoms with Gasteiger partial charge in [-0.15, -0.1) is 0 Å². The Morgan fingerprint density at radius 2 is 2.00 bits per heavy atom. The van der Waals surface area contributed by atoms with Crippen LogP contribution in [0.1, 0.15) is 24.1 Å². The van der Waals surface area contributed by atoms with Crippen LogP contribution >= 0.6 is 0 Å². The van der Waals surface area contributed by atoms with Crippen LogP contribution in [0.5, 0.6) is 0 Å². The third-order valence-electron chi connectivity index (χ3n) is 5.01. The largest absolute Gasteiger partial charge is 0.354 e. The molecule has 0 saturated carbocycles. The molecule has 1 unspecified atom stereocenters. The standard InChI is InChI=1S/C21H23F3N4O2/c22-16-12-18(24)17(23)9-13(16)8-14(25)10-20(29)28-7-3-6-27-21(30)19(28)11-15-4-1-2-5-26-15/h1-2,4-5,9,12,14,19H,3,6-8,10-11,25H2,(H,27,30)/t14-,19?/m1/s1. The van der Waals surface area contributed by atoms with Gasteiger partial charge in [-0.3, -0.25) is 14.6 Å². The molecule has 0 spiro atoms. The fourth-order valence-corrected chi connectivity index (χ4v) is 3.51. The molecule has 1 aliphatic heterocycles. The molecule has 0 radical (unpaired) electrons. The van der Waals surface area contributed by atoms with Crippen LogP contribution < -0.4 is 11.1 Å². The highest BCUT2D eigenvalue weighted by molar-refractivity contribution is 5.88. The van der Waals surface area contributed by atoms with Crippen molar-refractivity contribution < 1.29 is 22.8 Å². The maximum Gasteiger partial charge on any atom is 0.243 e. The highest BCUT2D eigenvalue weighted by Gasteiger charge is 2.32. The number of aromatic nitrogens is 1. The summed E-state index contributed by atoms with van der Waals surface area (Å²) in [6.45, 7) is 0.814. The number of nitrogens with zero attached hydrogens (tertiary/aromatic N) is 2. The molecule has 160 valence electrons. The molecule has 0 bridgehead atoms. The Kier molecular flexibility index (Phi) is 7.04. The molecule has 6 nitrogen and oxygen atoms in total. The zero-order valence-corrected chi connectivity index (χ0v) is 16.3. The molecule has 1 aliphatic rings. The lowest BCUT2D eigenvalue weighted by Crippen LogP contribution is -2.49. The van der Waals surface area contributed by atoms with Crippen LogP contribution in [-0.2, 0) is 22.4 Å². The Labute approximate surface area is 172 Å². The molecular weight excluding hydrogens is 397 g/mol. The Bertz CT molecular complexity index is 911. The quantitative estimate of drug-likeness (QED) is 0.697. The maximum atomic E-state index is 13.9. The van der Waals surface area contributed by atoms with Crippen molar-refractivity contribution in [2.24, 2.45) is 5.73 Å². The minimum absolute atomic E-state index is 0.104. The molecule has 30 heavy (non-hydrogen) atoms. The van der Waals surface area contributed by atoms with Gasteiger partial charge in [-0.05, 0) is 36.6 Å². The Balaban J connectivity index is 1.70. The van der Waals surface area contributed by atoms with E-state index in [0.717, 1.165) is 6.07 Å². The van der Waals surface area contributed by atoms with Gasteiger partial charge in [-0.2, -0.15) is 0 Å². The molecule has 3 N–H and O–H groups in total. The Morgan fingerprint density at radius 1 is 1.23 bits per heavy atom. The summed E-state index contributed by atoms with van der Waals surface area (Å²) in [7, 11) is 0. The van der Waals surface area contributed by atoms with Gasteiger partial charge in [0.2, 0.25) is 11.8 Å². The number of benzene rings is 1. The average Bonchev–Trinajstić information content (AvgIpc) is 2.88. The topological polar surface area (TPSA) is 88.3 Å². The summed E-state index contributed by atoms with van der Waals surface area (Å²) in [4.78, 5) is 31.1.